The van der Waals surface area contributed by atoms with Gasteiger partial charge in [0.15, 0.2) is 0 Å². The topological polar surface area (TPSA) is 27.1 Å². The first kappa shape index (κ1) is 9.45. The Morgan fingerprint density at radius 1 is 1.75 bits per heavy atom. The second-order valence-electron chi connectivity index (χ2n) is 2.67. The average molecular weight is 186 g/mol. The lowest BCUT2D eigenvalue weighted by Crippen LogP contribution is -2.10. The van der Waals surface area contributed by atoms with Gasteiger partial charge in [-0.15, -0.1) is 5.10 Å². The van der Waals surface area contributed by atoms with Crippen molar-refractivity contribution in [2.45, 2.75) is 32.2 Å². The van der Waals surface area contributed by atoms with Crippen LogP contribution >= 0.6 is 12.6 Å². The molecule has 4 heteroatoms. The monoisotopic (exact) mass is 186 g/mol. The maximum absolute atomic E-state index is 5.48. The summed E-state index contributed by atoms with van der Waals surface area (Å²) in [5.41, 5.74) is 0. The molecule has 0 amide bonds. The van der Waals surface area contributed by atoms with Crippen molar-refractivity contribution in [1.82, 2.24) is 9.78 Å². The van der Waals surface area contributed by atoms with E-state index in [0.29, 0.717) is 11.8 Å². The van der Waals surface area contributed by atoms with Gasteiger partial charge in [-0.05, 0) is 13.3 Å². The Hall–Kier alpha value is -0.640. The molecule has 0 bridgehead atoms. The van der Waals surface area contributed by atoms with Gasteiger partial charge in [-0.1, -0.05) is 6.92 Å². The molecule has 0 aliphatic rings. The van der Waals surface area contributed by atoms with Gasteiger partial charge in [-0.3, -0.25) is 4.68 Å². The SMILES string of the molecule is CC[C@@H](C)Oc1ccn(CS)n1. The van der Waals surface area contributed by atoms with E-state index in [1.165, 1.54) is 0 Å². The zero-order valence-electron chi connectivity index (χ0n) is 7.40. The van der Waals surface area contributed by atoms with E-state index in [9.17, 15) is 0 Å². The summed E-state index contributed by atoms with van der Waals surface area (Å²) >= 11 is 4.08. The van der Waals surface area contributed by atoms with E-state index in [2.05, 4.69) is 24.7 Å². The first-order valence-electron chi connectivity index (χ1n) is 4.07. The van der Waals surface area contributed by atoms with Gasteiger partial charge in [0.2, 0.25) is 5.88 Å². The highest BCUT2D eigenvalue weighted by Crippen LogP contribution is 2.09. The minimum atomic E-state index is 0.230. The minimum Gasteiger partial charge on any atom is -0.474 e. The molecule has 1 aromatic heterocycles. The van der Waals surface area contributed by atoms with Crippen molar-refractivity contribution in [3.63, 3.8) is 0 Å². The molecule has 0 aliphatic carbocycles. The van der Waals surface area contributed by atoms with E-state index in [1.54, 1.807) is 4.68 Å². The molecule has 0 spiro atoms. The fourth-order valence-corrected chi connectivity index (χ4v) is 0.932. The predicted molar refractivity (Wildman–Crippen MR) is 51.6 cm³/mol. The van der Waals surface area contributed by atoms with Crippen LogP contribution in [0.4, 0.5) is 0 Å². The van der Waals surface area contributed by atoms with E-state index in [1.807, 2.05) is 19.2 Å². The second kappa shape index (κ2) is 4.40. The van der Waals surface area contributed by atoms with Crippen LogP contribution in [0.2, 0.25) is 0 Å². The Labute approximate surface area is 78.1 Å². The van der Waals surface area contributed by atoms with Crippen LogP contribution in [-0.2, 0) is 5.88 Å². The highest BCUT2D eigenvalue weighted by atomic mass is 32.1. The molecular formula is C8H14N2OS. The summed E-state index contributed by atoms with van der Waals surface area (Å²) in [6.07, 6.45) is 3.08. The largest absolute Gasteiger partial charge is 0.474 e. The molecule has 1 heterocycles. The molecule has 1 aromatic rings. The van der Waals surface area contributed by atoms with Crippen LogP contribution in [0.3, 0.4) is 0 Å². The van der Waals surface area contributed by atoms with E-state index in [-0.39, 0.29) is 6.10 Å². The van der Waals surface area contributed by atoms with Gasteiger partial charge in [0.25, 0.3) is 0 Å². The summed E-state index contributed by atoms with van der Waals surface area (Å²) in [7, 11) is 0. The maximum atomic E-state index is 5.48. The first-order chi connectivity index (χ1) is 5.76. The highest BCUT2D eigenvalue weighted by Gasteiger charge is 2.02. The average Bonchev–Trinajstić information content (AvgIpc) is 2.52. The molecule has 12 heavy (non-hydrogen) atoms. The quantitative estimate of drug-likeness (QED) is 0.728. The van der Waals surface area contributed by atoms with Crippen LogP contribution < -0.4 is 4.74 Å². The fourth-order valence-electron chi connectivity index (χ4n) is 0.774. The van der Waals surface area contributed by atoms with Gasteiger partial charge in [0.05, 0.1) is 12.0 Å². The van der Waals surface area contributed by atoms with Gasteiger partial charge in [0, 0.05) is 12.3 Å². The Morgan fingerprint density at radius 3 is 3.00 bits per heavy atom. The van der Waals surface area contributed by atoms with Gasteiger partial charge in [-0.25, -0.2) is 0 Å². The predicted octanol–water partition coefficient (Wildman–Crippen LogP) is 1.95. The zero-order chi connectivity index (χ0) is 8.97. The van der Waals surface area contributed by atoms with Crippen LogP contribution in [0.5, 0.6) is 5.88 Å². The number of nitrogens with zero attached hydrogens (tertiary/aromatic N) is 2. The first-order valence-corrected chi connectivity index (χ1v) is 4.70. The van der Waals surface area contributed by atoms with Gasteiger partial charge in [-0.2, -0.15) is 12.6 Å². The highest BCUT2D eigenvalue weighted by molar-refractivity contribution is 7.79. The molecule has 0 radical (unpaired) electrons. The summed E-state index contributed by atoms with van der Waals surface area (Å²) in [6.45, 7) is 4.11. The van der Waals surface area contributed by atoms with E-state index < -0.39 is 0 Å². The molecule has 0 saturated heterocycles. The lowest BCUT2D eigenvalue weighted by molar-refractivity contribution is 0.207. The van der Waals surface area contributed by atoms with Gasteiger partial charge < -0.3 is 4.74 Å². The molecule has 0 fully saturated rings. The lowest BCUT2D eigenvalue weighted by Gasteiger charge is -2.08. The number of aromatic nitrogens is 2. The van der Waals surface area contributed by atoms with Crippen LogP contribution in [0.1, 0.15) is 20.3 Å². The summed E-state index contributed by atoms with van der Waals surface area (Å²) in [4.78, 5) is 0. The summed E-state index contributed by atoms with van der Waals surface area (Å²) in [6, 6.07) is 1.85. The number of hydrogen-bond donors (Lipinski definition) is 1. The van der Waals surface area contributed by atoms with E-state index >= 15 is 0 Å². The molecule has 1 atom stereocenters. The number of hydrogen-bond acceptors (Lipinski definition) is 3. The molecule has 0 aliphatic heterocycles. The minimum absolute atomic E-state index is 0.230. The fraction of sp³-hybridized carbons (Fsp3) is 0.625. The van der Waals surface area contributed by atoms with E-state index in [0.717, 1.165) is 6.42 Å². The van der Waals surface area contributed by atoms with Crippen molar-refractivity contribution in [1.29, 1.82) is 0 Å². The molecular weight excluding hydrogens is 172 g/mol. The Bertz CT molecular complexity index is 237. The number of rotatable bonds is 4. The number of thiol groups is 1. The van der Waals surface area contributed by atoms with Gasteiger partial charge >= 0.3 is 0 Å². The third-order valence-electron chi connectivity index (χ3n) is 1.66. The molecule has 0 unspecified atom stereocenters. The van der Waals surface area contributed by atoms with Crippen molar-refractivity contribution < 1.29 is 4.74 Å². The van der Waals surface area contributed by atoms with Crippen molar-refractivity contribution in [2.75, 3.05) is 0 Å². The molecule has 68 valence electrons. The number of ether oxygens (including phenoxy) is 1. The van der Waals surface area contributed by atoms with Crippen molar-refractivity contribution in [3.05, 3.63) is 12.3 Å². The molecule has 0 saturated carbocycles. The van der Waals surface area contributed by atoms with Crippen LogP contribution in [0.15, 0.2) is 12.3 Å². The molecule has 0 aromatic carbocycles. The third-order valence-corrected chi connectivity index (χ3v) is 1.95. The molecule has 1 rings (SSSR count). The summed E-state index contributed by atoms with van der Waals surface area (Å²) < 4.78 is 7.20. The normalized spacial score (nSPS) is 12.9. The van der Waals surface area contributed by atoms with Gasteiger partial charge in [0.1, 0.15) is 0 Å². The molecule has 3 nitrogen and oxygen atoms in total. The third kappa shape index (κ3) is 2.44. The summed E-state index contributed by atoms with van der Waals surface area (Å²) in [5.74, 6) is 1.27. The van der Waals surface area contributed by atoms with Crippen LogP contribution in [-0.4, -0.2) is 15.9 Å². The second-order valence-corrected chi connectivity index (χ2v) is 2.95. The standard InChI is InChI=1S/C8H14N2OS/c1-3-7(2)11-8-4-5-10(6-12)9-8/h4-5,7,12H,3,6H2,1-2H3/t7-/m1/s1. The van der Waals surface area contributed by atoms with Crippen LogP contribution in [0, 0.1) is 0 Å². The van der Waals surface area contributed by atoms with Crippen molar-refractivity contribution in [3.8, 4) is 5.88 Å². The smallest absolute Gasteiger partial charge is 0.233 e. The molecule has 0 N–H and O–H groups in total. The Kier molecular flexibility index (Phi) is 3.47. The Morgan fingerprint density at radius 2 is 2.50 bits per heavy atom. The van der Waals surface area contributed by atoms with Crippen molar-refractivity contribution >= 4 is 12.6 Å². The Balaban J connectivity index is 2.52. The van der Waals surface area contributed by atoms with Crippen molar-refractivity contribution in [2.24, 2.45) is 0 Å². The summed E-state index contributed by atoms with van der Waals surface area (Å²) in [5, 5.41) is 4.13. The maximum Gasteiger partial charge on any atom is 0.233 e. The van der Waals surface area contributed by atoms with E-state index in [4.69, 9.17) is 4.74 Å². The lowest BCUT2D eigenvalue weighted by atomic mass is 10.3. The van der Waals surface area contributed by atoms with Crippen LogP contribution in [0.25, 0.3) is 0 Å². The zero-order valence-corrected chi connectivity index (χ0v) is 8.29.